The van der Waals surface area contributed by atoms with Gasteiger partial charge in [-0.05, 0) is 30.3 Å². The number of nitrogens with zero attached hydrogens (tertiary/aromatic N) is 3. The summed E-state index contributed by atoms with van der Waals surface area (Å²) in [7, 11) is 3.89. The van der Waals surface area contributed by atoms with E-state index in [9.17, 15) is 4.79 Å². The third-order valence-electron chi connectivity index (χ3n) is 2.61. The Morgan fingerprint density at radius 2 is 1.90 bits per heavy atom. The zero-order valence-electron chi connectivity index (χ0n) is 11.3. The van der Waals surface area contributed by atoms with E-state index < -0.39 is 5.97 Å². The summed E-state index contributed by atoms with van der Waals surface area (Å²) in [5.74, 6) is -0.951. The lowest BCUT2D eigenvalue weighted by molar-refractivity contribution is 0.0697. The molecule has 20 heavy (non-hydrogen) atoms. The number of carbonyl (C=O) groups is 1. The molecule has 5 heteroatoms. The topological polar surface area (TPSA) is 65.3 Å². The van der Waals surface area contributed by atoms with E-state index in [1.165, 1.54) is 12.1 Å². The number of aromatic carboxylic acids is 1. The van der Waals surface area contributed by atoms with Crippen molar-refractivity contribution in [1.82, 2.24) is 4.90 Å². The first-order valence-electron chi connectivity index (χ1n) is 6.08. The van der Waals surface area contributed by atoms with Gasteiger partial charge in [0.2, 0.25) is 0 Å². The molecule has 0 spiro atoms. The summed E-state index contributed by atoms with van der Waals surface area (Å²) in [6.45, 7) is 0. The van der Waals surface area contributed by atoms with Gasteiger partial charge in [0, 0.05) is 25.9 Å². The van der Waals surface area contributed by atoms with Crippen molar-refractivity contribution < 1.29 is 9.90 Å². The molecule has 5 nitrogen and oxygen atoms in total. The van der Waals surface area contributed by atoms with Crippen LogP contribution in [-0.2, 0) is 0 Å². The third-order valence-corrected chi connectivity index (χ3v) is 2.61. The van der Waals surface area contributed by atoms with Crippen LogP contribution in [0, 0.1) is 0 Å². The molecule has 0 fully saturated rings. The van der Waals surface area contributed by atoms with Crippen LogP contribution in [0.25, 0.3) is 0 Å². The Balaban J connectivity index is 2.12. The van der Waals surface area contributed by atoms with Crippen LogP contribution in [0.3, 0.4) is 0 Å². The Labute approximate surface area is 117 Å². The molecule has 0 bridgehead atoms. The molecule has 1 aromatic rings. The number of carboxylic acids is 1. The van der Waals surface area contributed by atoms with Gasteiger partial charge < -0.3 is 10.0 Å². The molecule has 0 atom stereocenters. The Bertz CT molecular complexity index is 623. The molecular formula is C15H15N3O2. The molecule has 0 saturated carbocycles. The van der Waals surface area contributed by atoms with Crippen molar-refractivity contribution in [2.75, 3.05) is 14.1 Å². The Morgan fingerprint density at radius 3 is 2.50 bits per heavy atom. The monoisotopic (exact) mass is 269 g/mol. The van der Waals surface area contributed by atoms with Gasteiger partial charge in [-0.1, -0.05) is 12.2 Å². The predicted molar refractivity (Wildman–Crippen MR) is 76.9 cm³/mol. The van der Waals surface area contributed by atoms with Crippen molar-refractivity contribution in [3.05, 3.63) is 65.5 Å². The number of hydrogen-bond acceptors (Lipinski definition) is 4. The average Bonchev–Trinajstić information content (AvgIpc) is 2.83. The second kappa shape index (κ2) is 5.97. The third kappa shape index (κ3) is 3.41. The van der Waals surface area contributed by atoms with E-state index in [2.05, 4.69) is 10.2 Å². The summed E-state index contributed by atoms with van der Waals surface area (Å²) in [6, 6.07) is 6.28. The number of hydrogen-bond donors (Lipinski definition) is 1. The van der Waals surface area contributed by atoms with E-state index >= 15 is 0 Å². The van der Waals surface area contributed by atoms with Gasteiger partial charge in [0.15, 0.2) is 0 Å². The van der Waals surface area contributed by atoms with Crippen LogP contribution in [0.15, 0.2) is 70.2 Å². The highest BCUT2D eigenvalue weighted by Gasteiger charge is 2.06. The maximum atomic E-state index is 10.7. The molecule has 0 saturated heterocycles. The van der Waals surface area contributed by atoms with Crippen molar-refractivity contribution in [1.29, 1.82) is 0 Å². The van der Waals surface area contributed by atoms with Gasteiger partial charge in [0.05, 0.1) is 16.9 Å². The highest BCUT2D eigenvalue weighted by atomic mass is 16.4. The van der Waals surface area contributed by atoms with E-state index in [1.54, 1.807) is 12.1 Å². The van der Waals surface area contributed by atoms with Crippen molar-refractivity contribution in [2.45, 2.75) is 0 Å². The van der Waals surface area contributed by atoms with Crippen LogP contribution in [0.2, 0.25) is 0 Å². The highest BCUT2D eigenvalue weighted by Crippen LogP contribution is 2.22. The first-order valence-corrected chi connectivity index (χ1v) is 6.08. The highest BCUT2D eigenvalue weighted by molar-refractivity contribution is 5.87. The first-order chi connectivity index (χ1) is 9.56. The van der Waals surface area contributed by atoms with Crippen molar-refractivity contribution in [3.63, 3.8) is 0 Å². The molecule has 0 amide bonds. The first kappa shape index (κ1) is 13.7. The number of carboxylic acid groups (broad SMARTS) is 1. The van der Waals surface area contributed by atoms with Gasteiger partial charge in [0.1, 0.15) is 0 Å². The van der Waals surface area contributed by atoms with Crippen molar-refractivity contribution in [3.8, 4) is 0 Å². The Kier molecular flexibility index (Phi) is 4.10. The zero-order chi connectivity index (χ0) is 14.5. The summed E-state index contributed by atoms with van der Waals surface area (Å²) in [4.78, 5) is 12.7. The van der Waals surface area contributed by atoms with Gasteiger partial charge in [-0.2, -0.15) is 5.11 Å². The summed E-state index contributed by atoms with van der Waals surface area (Å²) in [5.41, 5.74) is 2.62. The summed E-state index contributed by atoms with van der Waals surface area (Å²) < 4.78 is 0. The van der Waals surface area contributed by atoms with Gasteiger partial charge in [0.25, 0.3) is 0 Å². The molecule has 102 valence electrons. The normalized spacial score (nSPS) is 15.9. The van der Waals surface area contributed by atoms with Gasteiger partial charge in [-0.25, -0.2) is 4.79 Å². The zero-order valence-corrected chi connectivity index (χ0v) is 11.3. The summed E-state index contributed by atoms with van der Waals surface area (Å²) in [5, 5.41) is 17.1. The lowest BCUT2D eigenvalue weighted by Gasteiger charge is -2.06. The minimum Gasteiger partial charge on any atom is -0.478 e. The largest absolute Gasteiger partial charge is 0.478 e. The SMILES string of the molecule is CN(C)C=C1C=CC=C1N=Nc1ccc(C(=O)O)cc1. The lowest BCUT2D eigenvalue weighted by atomic mass is 10.2. The van der Waals surface area contributed by atoms with Crippen molar-refractivity contribution >= 4 is 11.7 Å². The average molecular weight is 269 g/mol. The van der Waals surface area contributed by atoms with Crippen LogP contribution in [-0.4, -0.2) is 30.1 Å². The molecule has 0 aliphatic heterocycles. The smallest absolute Gasteiger partial charge is 0.335 e. The van der Waals surface area contributed by atoms with E-state index in [1.807, 2.05) is 43.4 Å². The van der Waals surface area contributed by atoms with Gasteiger partial charge in [-0.15, -0.1) is 5.11 Å². The molecule has 0 radical (unpaired) electrons. The fraction of sp³-hybridized carbons (Fsp3) is 0.133. The van der Waals surface area contributed by atoms with Crippen LogP contribution in [0.1, 0.15) is 10.4 Å². The van der Waals surface area contributed by atoms with Crippen LogP contribution >= 0.6 is 0 Å². The minimum absolute atomic E-state index is 0.235. The van der Waals surface area contributed by atoms with Crippen LogP contribution in [0.5, 0.6) is 0 Å². The second-order valence-electron chi connectivity index (χ2n) is 4.51. The van der Waals surface area contributed by atoms with Crippen LogP contribution < -0.4 is 0 Å². The van der Waals surface area contributed by atoms with E-state index in [-0.39, 0.29) is 5.56 Å². The molecule has 1 aromatic carbocycles. The Hall–Kier alpha value is -2.69. The minimum atomic E-state index is -0.951. The fourth-order valence-corrected chi connectivity index (χ4v) is 1.69. The quantitative estimate of drug-likeness (QED) is 0.852. The van der Waals surface area contributed by atoms with Crippen molar-refractivity contribution in [2.24, 2.45) is 10.2 Å². The van der Waals surface area contributed by atoms with E-state index in [4.69, 9.17) is 5.11 Å². The molecule has 1 N–H and O–H groups in total. The molecule has 0 aromatic heterocycles. The molecule has 2 rings (SSSR count). The molecule has 1 aliphatic rings. The van der Waals surface area contributed by atoms with E-state index in [0.29, 0.717) is 5.69 Å². The lowest BCUT2D eigenvalue weighted by Crippen LogP contribution is -2.02. The van der Waals surface area contributed by atoms with E-state index in [0.717, 1.165) is 11.3 Å². The molecular weight excluding hydrogens is 254 g/mol. The predicted octanol–water partition coefficient (Wildman–Crippen LogP) is 3.37. The fourth-order valence-electron chi connectivity index (χ4n) is 1.69. The second-order valence-corrected chi connectivity index (χ2v) is 4.51. The van der Waals surface area contributed by atoms with Gasteiger partial charge in [-0.3, -0.25) is 0 Å². The maximum Gasteiger partial charge on any atom is 0.335 e. The van der Waals surface area contributed by atoms with Crippen LogP contribution in [0.4, 0.5) is 5.69 Å². The summed E-state index contributed by atoms with van der Waals surface area (Å²) >= 11 is 0. The molecule has 0 unspecified atom stereocenters. The number of allylic oxidation sites excluding steroid dienone is 3. The maximum absolute atomic E-state index is 10.7. The summed E-state index contributed by atoms with van der Waals surface area (Å²) in [6.07, 6.45) is 7.71. The Morgan fingerprint density at radius 1 is 1.20 bits per heavy atom. The number of rotatable bonds is 4. The molecule has 0 heterocycles. The van der Waals surface area contributed by atoms with Gasteiger partial charge >= 0.3 is 5.97 Å². The molecule has 1 aliphatic carbocycles. The number of azo groups is 1. The number of benzene rings is 1. The standard InChI is InChI=1S/C15H15N3O2/c1-18(2)10-12-4-3-5-14(12)17-16-13-8-6-11(7-9-13)15(19)20/h3-10H,1-2H3,(H,19,20).